The van der Waals surface area contributed by atoms with E-state index in [2.05, 4.69) is 0 Å². The zero-order valence-corrected chi connectivity index (χ0v) is 7.54. The van der Waals surface area contributed by atoms with Crippen molar-refractivity contribution in [2.45, 2.75) is 0 Å². The zero-order valence-electron chi connectivity index (χ0n) is 7.54. The minimum absolute atomic E-state index is 0.197. The number of carbonyl (C=O) groups is 1. The monoisotopic (exact) mass is 205 g/mol. The van der Waals surface area contributed by atoms with Crippen LogP contribution in [0.15, 0.2) is 35.3 Å². The van der Waals surface area contributed by atoms with Gasteiger partial charge in [-0.05, 0) is 12.1 Å². The van der Waals surface area contributed by atoms with Crippen molar-refractivity contribution in [1.29, 1.82) is 0 Å². The van der Waals surface area contributed by atoms with Crippen LogP contribution in [0.1, 0.15) is 10.4 Å². The van der Waals surface area contributed by atoms with E-state index in [-0.39, 0.29) is 16.9 Å². The molecule has 76 valence electrons. The molecule has 0 spiro atoms. The Balaban J connectivity index is 2.85. The maximum Gasteiger partial charge on any atom is 0.341 e. The zero-order chi connectivity index (χ0) is 11.0. The highest BCUT2D eigenvalue weighted by atomic mass is 16.4. The van der Waals surface area contributed by atoms with Crippen LogP contribution in [-0.4, -0.2) is 20.6 Å². The van der Waals surface area contributed by atoms with Gasteiger partial charge in [-0.2, -0.15) is 0 Å². The van der Waals surface area contributed by atoms with Crippen LogP contribution in [0.2, 0.25) is 0 Å². The van der Waals surface area contributed by atoms with Gasteiger partial charge in [0.2, 0.25) is 5.88 Å². The number of carboxylic acid groups (broad SMARTS) is 1. The molecule has 0 unspecified atom stereocenters. The highest BCUT2D eigenvalue weighted by Crippen LogP contribution is 2.18. The first-order chi connectivity index (χ1) is 7.09. The number of carboxylic acids is 1. The van der Waals surface area contributed by atoms with Gasteiger partial charge in [-0.3, -0.25) is 9.20 Å². The van der Waals surface area contributed by atoms with E-state index in [0.717, 1.165) is 0 Å². The molecule has 0 fully saturated rings. The first-order valence-electron chi connectivity index (χ1n) is 4.17. The number of pyridine rings is 2. The van der Waals surface area contributed by atoms with Crippen molar-refractivity contribution in [3.63, 3.8) is 0 Å². The van der Waals surface area contributed by atoms with E-state index < -0.39 is 5.97 Å². The number of aromatic carboxylic acids is 1. The van der Waals surface area contributed by atoms with Gasteiger partial charge in [-0.15, -0.1) is 0 Å². The highest BCUT2D eigenvalue weighted by molar-refractivity contribution is 5.90. The lowest BCUT2D eigenvalue weighted by atomic mass is 10.2. The first-order valence-corrected chi connectivity index (χ1v) is 4.17. The van der Waals surface area contributed by atoms with Crippen molar-refractivity contribution in [1.82, 2.24) is 4.40 Å². The summed E-state index contributed by atoms with van der Waals surface area (Å²) in [7, 11) is 0. The molecule has 0 aliphatic carbocycles. The van der Waals surface area contributed by atoms with Crippen LogP contribution in [0.5, 0.6) is 5.88 Å². The molecule has 0 bridgehead atoms. The van der Waals surface area contributed by atoms with E-state index in [9.17, 15) is 14.7 Å². The average Bonchev–Trinajstić information content (AvgIpc) is 2.17. The van der Waals surface area contributed by atoms with E-state index in [1.807, 2.05) is 0 Å². The van der Waals surface area contributed by atoms with Gasteiger partial charge < -0.3 is 10.2 Å². The second-order valence-electron chi connectivity index (χ2n) is 3.03. The van der Waals surface area contributed by atoms with E-state index >= 15 is 0 Å². The molecule has 2 aromatic rings. The van der Waals surface area contributed by atoms with E-state index in [1.165, 1.54) is 34.9 Å². The molecule has 5 nitrogen and oxygen atoms in total. The van der Waals surface area contributed by atoms with Gasteiger partial charge in [0.25, 0.3) is 0 Å². The molecule has 0 saturated heterocycles. The average molecular weight is 205 g/mol. The molecule has 0 aliphatic heterocycles. The fraction of sp³-hybridized carbons (Fsp3) is 0. The summed E-state index contributed by atoms with van der Waals surface area (Å²) in [6, 6.07) is 5.28. The first kappa shape index (κ1) is 9.26. The molecule has 0 saturated carbocycles. The molecular formula is C10H7NO4. The van der Waals surface area contributed by atoms with Crippen molar-refractivity contribution >= 4 is 11.5 Å². The second-order valence-corrected chi connectivity index (χ2v) is 3.03. The highest BCUT2D eigenvalue weighted by Gasteiger charge is 2.11. The van der Waals surface area contributed by atoms with Gasteiger partial charge in [0.1, 0.15) is 5.56 Å². The lowest BCUT2D eigenvalue weighted by Gasteiger charge is -2.05. The number of hydrogen-bond donors (Lipinski definition) is 2. The number of aromatic hydroxyl groups is 1. The van der Waals surface area contributed by atoms with Crippen molar-refractivity contribution in [3.8, 4) is 5.88 Å². The normalized spacial score (nSPS) is 10.4. The van der Waals surface area contributed by atoms with Gasteiger partial charge in [0.15, 0.2) is 5.43 Å². The number of nitrogens with zero attached hydrogens (tertiary/aromatic N) is 1. The predicted molar refractivity (Wildman–Crippen MR) is 52.3 cm³/mol. The van der Waals surface area contributed by atoms with Gasteiger partial charge in [-0.1, -0.05) is 0 Å². The third kappa shape index (κ3) is 1.43. The summed E-state index contributed by atoms with van der Waals surface area (Å²) >= 11 is 0. The maximum atomic E-state index is 11.0. The number of hydrogen-bond acceptors (Lipinski definition) is 3. The topological polar surface area (TPSA) is 79.0 Å². The Morgan fingerprint density at radius 2 is 2.00 bits per heavy atom. The van der Waals surface area contributed by atoms with Crippen LogP contribution in [0.3, 0.4) is 0 Å². The van der Waals surface area contributed by atoms with Crippen molar-refractivity contribution in [3.05, 3.63) is 46.2 Å². The Labute approximate surface area is 83.8 Å². The number of fused-ring (bicyclic) bond motifs is 1. The van der Waals surface area contributed by atoms with Crippen LogP contribution in [0, 0.1) is 0 Å². The largest absolute Gasteiger partial charge is 0.494 e. The summed E-state index contributed by atoms with van der Waals surface area (Å²) in [5, 5.41) is 18.3. The molecule has 0 atom stereocenters. The van der Waals surface area contributed by atoms with Crippen LogP contribution < -0.4 is 5.43 Å². The predicted octanol–water partition coefficient (Wildman–Crippen LogP) is 0.703. The van der Waals surface area contributed by atoms with E-state index in [0.29, 0.717) is 5.52 Å². The summed E-state index contributed by atoms with van der Waals surface area (Å²) < 4.78 is 1.24. The Kier molecular flexibility index (Phi) is 1.93. The Bertz CT molecular complexity index is 600. The van der Waals surface area contributed by atoms with E-state index in [1.54, 1.807) is 0 Å². The molecule has 0 aromatic carbocycles. The minimum Gasteiger partial charge on any atom is -0.494 e. The molecule has 0 aliphatic rings. The van der Waals surface area contributed by atoms with Crippen LogP contribution >= 0.6 is 0 Å². The van der Waals surface area contributed by atoms with Crippen LogP contribution in [0.4, 0.5) is 0 Å². The van der Waals surface area contributed by atoms with Gasteiger partial charge in [0.05, 0.1) is 5.52 Å². The molecule has 2 aromatic heterocycles. The smallest absolute Gasteiger partial charge is 0.341 e. The molecule has 5 heteroatoms. The summed E-state index contributed by atoms with van der Waals surface area (Å²) in [4.78, 5) is 21.7. The second kappa shape index (κ2) is 3.13. The molecule has 2 rings (SSSR count). The standard InChI is InChI=1S/C10H7NO4/c12-7-3-4-11-6(5-7)1-2-8(9(11)13)10(14)15/h1-5,13H,(H,14,15). The molecule has 0 amide bonds. The quantitative estimate of drug-likeness (QED) is 0.718. The minimum atomic E-state index is -1.21. The SMILES string of the molecule is O=C(O)c1ccc2cc(=O)ccn2c1O. The molecule has 0 radical (unpaired) electrons. The van der Waals surface area contributed by atoms with Crippen LogP contribution in [0.25, 0.3) is 5.52 Å². The lowest BCUT2D eigenvalue weighted by Crippen LogP contribution is -2.04. The van der Waals surface area contributed by atoms with Gasteiger partial charge in [-0.25, -0.2) is 4.79 Å². The summed E-state index contributed by atoms with van der Waals surface area (Å²) in [5.41, 5.74) is 0.0497. The number of rotatable bonds is 1. The van der Waals surface area contributed by atoms with Crippen molar-refractivity contribution in [2.24, 2.45) is 0 Å². The van der Waals surface area contributed by atoms with Crippen molar-refractivity contribution in [2.75, 3.05) is 0 Å². The van der Waals surface area contributed by atoms with E-state index in [4.69, 9.17) is 5.11 Å². The fourth-order valence-electron chi connectivity index (χ4n) is 1.36. The Morgan fingerprint density at radius 1 is 1.27 bits per heavy atom. The molecule has 15 heavy (non-hydrogen) atoms. The van der Waals surface area contributed by atoms with Gasteiger partial charge >= 0.3 is 5.97 Å². The van der Waals surface area contributed by atoms with Crippen LogP contribution in [-0.2, 0) is 0 Å². The maximum absolute atomic E-state index is 11.0. The van der Waals surface area contributed by atoms with Crippen molar-refractivity contribution < 1.29 is 15.0 Å². The van der Waals surface area contributed by atoms with Gasteiger partial charge in [0, 0.05) is 18.3 Å². The third-order valence-electron chi connectivity index (χ3n) is 2.08. The summed E-state index contributed by atoms with van der Waals surface area (Å²) in [6.45, 7) is 0. The summed E-state index contributed by atoms with van der Waals surface area (Å²) in [5.74, 6) is -1.60. The fourth-order valence-corrected chi connectivity index (χ4v) is 1.36. The number of aromatic nitrogens is 1. The Morgan fingerprint density at radius 3 is 2.67 bits per heavy atom. The summed E-state index contributed by atoms with van der Waals surface area (Å²) in [6.07, 6.45) is 1.33. The third-order valence-corrected chi connectivity index (χ3v) is 2.08. The molecule has 2 heterocycles. The molecule has 2 N–H and O–H groups in total. The Hall–Kier alpha value is -2.30. The molecular weight excluding hydrogens is 198 g/mol. The lowest BCUT2D eigenvalue weighted by molar-refractivity contribution is 0.0692.